The number of carbonyl (C=O) groups excluding carboxylic acids is 1. The van der Waals surface area contributed by atoms with E-state index < -0.39 is 10.0 Å². The Kier molecular flexibility index (Phi) is 6.24. The van der Waals surface area contributed by atoms with Crippen molar-refractivity contribution in [3.05, 3.63) is 77.2 Å². The van der Waals surface area contributed by atoms with Crippen LogP contribution >= 0.6 is 11.8 Å². The molecule has 2 aromatic rings. The number of methoxy groups -OCH3 is 1. The van der Waals surface area contributed by atoms with Crippen LogP contribution in [-0.4, -0.2) is 38.0 Å². The third kappa shape index (κ3) is 4.78. The van der Waals surface area contributed by atoms with Gasteiger partial charge < -0.3 is 4.74 Å². The number of nitrogens with zero attached hydrogens (tertiary/aromatic N) is 2. The summed E-state index contributed by atoms with van der Waals surface area (Å²) in [5.41, 5.74) is 1.71. The molecule has 2 aromatic carbocycles. The number of benzene rings is 2. The molecule has 0 N–H and O–H groups in total. The molecule has 0 spiro atoms. The van der Waals surface area contributed by atoms with Crippen LogP contribution in [0.2, 0.25) is 0 Å². The Morgan fingerprint density at radius 3 is 2.59 bits per heavy atom. The zero-order valence-corrected chi connectivity index (χ0v) is 17.7. The van der Waals surface area contributed by atoms with E-state index in [-0.39, 0.29) is 22.5 Å². The minimum atomic E-state index is -3.95. The molecule has 29 heavy (non-hydrogen) atoms. The highest BCUT2D eigenvalue weighted by Crippen LogP contribution is 2.34. The quantitative estimate of drug-likeness (QED) is 0.516. The molecule has 0 aromatic heterocycles. The molecule has 150 valence electrons. The van der Waals surface area contributed by atoms with Gasteiger partial charge in [0, 0.05) is 6.54 Å². The van der Waals surface area contributed by atoms with Crippen molar-refractivity contribution in [2.24, 2.45) is 4.40 Å². The Bertz CT molecular complexity index is 1100. The highest BCUT2D eigenvalue weighted by atomic mass is 32.2. The molecule has 1 aliphatic rings. The van der Waals surface area contributed by atoms with E-state index in [0.29, 0.717) is 10.7 Å². The van der Waals surface area contributed by atoms with Crippen LogP contribution in [0.5, 0.6) is 5.75 Å². The van der Waals surface area contributed by atoms with Crippen molar-refractivity contribution in [2.75, 3.05) is 13.7 Å². The molecule has 1 aliphatic heterocycles. The summed E-state index contributed by atoms with van der Waals surface area (Å²) < 4.78 is 34.5. The van der Waals surface area contributed by atoms with Gasteiger partial charge in [-0.05, 0) is 54.6 Å². The van der Waals surface area contributed by atoms with Crippen molar-refractivity contribution in [3.63, 3.8) is 0 Å². The highest BCUT2D eigenvalue weighted by molar-refractivity contribution is 8.19. The van der Waals surface area contributed by atoms with Gasteiger partial charge in [-0.2, -0.15) is 8.42 Å². The molecule has 0 radical (unpaired) electrons. The van der Waals surface area contributed by atoms with Crippen molar-refractivity contribution in [1.82, 2.24) is 4.90 Å². The lowest BCUT2D eigenvalue weighted by atomic mass is 10.2. The number of rotatable bonds is 6. The summed E-state index contributed by atoms with van der Waals surface area (Å²) in [5, 5.41) is 0.102. The molecule has 3 rings (SSSR count). The Labute approximate surface area is 174 Å². The fraction of sp³-hybridized carbons (Fsp3) is 0.143. The van der Waals surface area contributed by atoms with Crippen LogP contribution in [0.3, 0.4) is 0 Å². The van der Waals surface area contributed by atoms with Crippen molar-refractivity contribution in [3.8, 4) is 5.75 Å². The van der Waals surface area contributed by atoms with E-state index in [4.69, 9.17) is 4.74 Å². The predicted octanol–water partition coefficient (Wildman–Crippen LogP) is 3.85. The second kappa shape index (κ2) is 8.67. The van der Waals surface area contributed by atoms with E-state index in [1.54, 1.807) is 37.5 Å². The first-order chi connectivity index (χ1) is 13.8. The van der Waals surface area contributed by atoms with Crippen molar-refractivity contribution >= 4 is 38.9 Å². The topological polar surface area (TPSA) is 76.0 Å². The first kappa shape index (κ1) is 20.9. The maximum atomic E-state index is 12.8. The Balaban J connectivity index is 1.98. The summed E-state index contributed by atoms with van der Waals surface area (Å²) in [6, 6.07) is 13.6. The van der Waals surface area contributed by atoms with Crippen LogP contribution in [0, 0.1) is 6.92 Å². The van der Waals surface area contributed by atoms with Gasteiger partial charge in [0.1, 0.15) is 5.75 Å². The van der Waals surface area contributed by atoms with Crippen molar-refractivity contribution in [1.29, 1.82) is 0 Å². The number of aryl methyl sites for hydroxylation is 1. The van der Waals surface area contributed by atoms with Gasteiger partial charge in [0.15, 0.2) is 5.17 Å². The smallest absolute Gasteiger partial charge is 0.284 e. The van der Waals surface area contributed by atoms with Crippen LogP contribution in [-0.2, 0) is 14.8 Å². The Morgan fingerprint density at radius 2 is 1.93 bits per heavy atom. The van der Waals surface area contributed by atoms with Crippen LogP contribution in [0.4, 0.5) is 0 Å². The van der Waals surface area contributed by atoms with Gasteiger partial charge in [-0.1, -0.05) is 35.9 Å². The van der Waals surface area contributed by atoms with Crippen LogP contribution in [0.25, 0.3) is 6.08 Å². The van der Waals surface area contributed by atoms with E-state index >= 15 is 0 Å². The Hall–Kier alpha value is -2.84. The Morgan fingerprint density at radius 1 is 1.21 bits per heavy atom. The summed E-state index contributed by atoms with van der Waals surface area (Å²) in [6.45, 7) is 5.67. The monoisotopic (exact) mass is 428 g/mol. The lowest BCUT2D eigenvalue weighted by Gasteiger charge is -2.12. The first-order valence-electron chi connectivity index (χ1n) is 8.72. The highest BCUT2D eigenvalue weighted by Gasteiger charge is 2.34. The normalized spacial score (nSPS) is 17.2. The van der Waals surface area contributed by atoms with E-state index in [1.807, 2.05) is 19.1 Å². The van der Waals surface area contributed by atoms with Gasteiger partial charge in [0.25, 0.3) is 15.9 Å². The number of thioether (sulfide) groups is 1. The van der Waals surface area contributed by atoms with Gasteiger partial charge >= 0.3 is 0 Å². The molecule has 0 saturated carbocycles. The third-order valence-electron chi connectivity index (χ3n) is 4.11. The maximum absolute atomic E-state index is 12.8. The minimum absolute atomic E-state index is 0.0763. The summed E-state index contributed by atoms with van der Waals surface area (Å²) in [6.07, 6.45) is 3.22. The van der Waals surface area contributed by atoms with Gasteiger partial charge in [-0.3, -0.25) is 9.69 Å². The fourth-order valence-corrected chi connectivity index (χ4v) is 4.80. The summed E-state index contributed by atoms with van der Waals surface area (Å²) in [5.74, 6) is 0.337. The summed E-state index contributed by atoms with van der Waals surface area (Å²) in [7, 11) is -2.39. The van der Waals surface area contributed by atoms with Crippen LogP contribution in [0.15, 0.2) is 75.4 Å². The lowest BCUT2D eigenvalue weighted by Crippen LogP contribution is -2.29. The molecule has 1 saturated heterocycles. The van der Waals surface area contributed by atoms with Gasteiger partial charge in [0.05, 0.1) is 16.9 Å². The van der Waals surface area contributed by atoms with Crippen molar-refractivity contribution in [2.45, 2.75) is 11.8 Å². The predicted molar refractivity (Wildman–Crippen MR) is 116 cm³/mol. The molecule has 0 aliphatic carbocycles. The summed E-state index contributed by atoms with van der Waals surface area (Å²) >= 11 is 1.02. The fourth-order valence-electron chi connectivity index (χ4n) is 2.61. The zero-order chi connectivity index (χ0) is 21.0. The number of amidine groups is 1. The number of hydrogen-bond donors (Lipinski definition) is 0. The van der Waals surface area contributed by atoms with Crippen molar-refractivity contribution < 1.29 is 17.9 Å². The number of sulfonamides is 1. The first-order valence-corrected chi connectivity index (χ1v) is 11.0. The average molecular weight is 429 g/mol. The zero-order valence-electron chi connectivity index (χ0n) is 16.0. The molecule has 0 unspecified atom stereocenters. The van der Waals surface area contributed by atoms with Gasteiger partial charge in [0.2, 0.25) is 0 Å². The molecule has 0 atom stereocenters. The number of carbonyl (C=O) groups is 1. The molecule has 1 fully saturated rings. The molecule has 8 heteroatoms. The molecular weight excluding hydrogens is 408 g/mol. The molecule has 0 bridgehead atoms. The van der Waals surface area contributed by atoms with Gasteiger partial charge in [-0.25, -0.2) is 0 Å². The lowest BCUT2D eigenvalue weighted by molar-refractivity contribution is -0.121. The standard InChI is InChI=1S/C21H20N2O4S2/c1-4-12-23-20(24)19(14-16-6-5-7-17(13-16)27-3)28-21(23)22-29(25,26)18-10-8-15(2)9-11-18/h4-11,13-14H,1,12H2,2-3H3/b19-14-,22-21?. The second-order valence-electron chi connectivity index (χ2n) is 6.25. The van der Waals surface area contributed by atoms with E-state index in [0.717, 1.165) is 22.9 Å². The summed E-state index contributed by atoms with van der Waals surface area (Å²) in [4.78, 5) is 14.6. The third-order valence-corrected chi connectivity index (χ3v) is 6.51. The van der Waals surface area contributed by atoms with Gasteiger partial charge in [-0.15, -0.1) is 11.0 Å². The minimum Gasteiger partial charge on any atom is -0.497 e. The van der Waals surface area contributed by atoms with Crippen LogP contribution in [0.1, 0.15) is 11.1 Å². The molecule has 1 heterocycles. The molecule has 6 nitrogen and oxygen atoms in total. The van der Waals surface area contributed by atoms with E-state index in [9.17, 15) is 13.2 Å². The van der Waals surface area contributed by atoms with E-state index in [2.05, 4.69) is 11.0 Å². The van der Waals surface area contributed by atoms with E-state index in [1.165, 1.54) is 23.1 Å². The van der Waals surface area contributed by atoms with Crippen LogP contribution < -0.4 is 4.74 Å². The number of amides is 1. The molecule has 1 amide bonds. The maximum Gasteiger partial charge on any atom is 0.284 e. The number of hydrogen-bond acceptors (Lipinski definition) is 5. The number of ether oxygens (including phenoxy) is 1. The average Bonchev–Trinajstić information content (AvgIpc) is 2.97. The SMILES string of the molecule is C=CCN1C(=O)/C(=C/c2cccc(OC)c2)SC1=NS(=O)(=O)c1ccc(C)cc1. The molecular formula is C21H20N2O4S2. The largest absolute Gasteiger partial charge is 0.497 e. The second-order valence-corrected chi connectivity index (χ2v) is 8.87.